The summed E-state index contributed by atoms with van der Waals surface area (Å²) in [7, 11) is 1.61. The van der Waals surface area contributed by atoms with Crippen LogP contribution in [-0.4, -0.2) is 38.0 Å². The fourth-order valence-corrected chi connectivity index (χ4v) is 3.22. The topological polar surface area (TPSA) is 96.6 Å². The summed E-state index contributed by atoms with van der Waals surface area (Å²) in [4.78, 5) is 24.8. The van der Waals surface area contributed by atoms with Crippen LogP contribution in [0.4, 0.5) is 0 Å². The number of aromatic amines is 2. The molecule has 0 aliphatic rings. The van der Waals surface area contributed by atoms with Crippen LogP contribution in [0.25, 0.3) is 22.3 Å². The molecule has 7 heteroatoms. The Labute approximate surface area is 162 Å². The molecule has 4 heterocycles. The second kappa shape index (κ2) is 6.92. The van der Waals surface area contributed by atoms with Gasteiger partial charge in [-0.3, -0.25) is 9.89 Å². The van der Waals surface area contributed by atoms with E-state index >= 15 is 0 Å². The average molecular weight is 375 g/mol. The maximum atomic E-state index is 12.6. The Bertz CT molecular complexity index is 1190. The molecule has 0 fully saturated rings. The first-order valence-corrected chi connectivity index (χ1v) is 9.00. The summed E-state index contributed by atoms with van der Waals surface area (Å²) in [6, 6.07) is 7.88. The van der Waals surface area contributed by atoms with Gasteiger partial charge in [0.2, 0.25) is 5.88 Å². The Morgan fingerprint density at radius 3 is 2.71 bits per heavy atom. The minimum atomic E-state index is -0.0248. The molecule has 4 rings (SSSR count). The minimum Gasteiger partial charge on any atom is -0.480 e. The van der Waals surface area contributed by atoms with Gasteiger partial charge in [-0.2, -0.15) is 5.10 Å². The van der Waals surface area contributed by atoms with E-state index in [2.05, 4.69) is 25.1 Å². The van der Waals surface area contributed by atoms with Gasteiger partial charge in [0.1, 0.15) is 11.3 Å². The molecule has 0 spiro atoms. The summed E-state index contributed by atoms with van der Waals surface area (Å²) >= 11 is 0. The van der Waals surface area contributed by atoms with E-state index in [1.807, 2.05) is 45.0 Å². The normalized spacial score (nSPS) is 11.1. The van der Waals surface area contributed by atoms with Gasteiger partial charge in [-0.05, 0) is 50.6 Å². The van der Waals surface area contributed by atoms with E-state index in [0.29, 0.717) is 11.6 Å². The predicted molar refractivity (Wildman–Crippen MR) is 107 cm³/mol. The second-order valence-electron chi connectivity index (χ2n) is 6.90. The summed E-state index contributed by atoms with van der Waals surface area (Å²) in [5.74, 6) is 0.537. The van der Waals surface area contributed by atoms with Gasteiger partial charge in [0.25, 0.3) is 0 Å². The number of nitrogens with zero attached hydrogens (tertiary/aromatic N) is 3. The number of pyridine rings is 2. The number of hydrogen-bond donors (Lipinski definition) is 2. The third-order valence-electron chi connectivity index (χ3n) is 4.89. The number of ether oxygens (including phenoxy) is 1. The summed E-state index contributed by atoms with van der Waals surface area (Å²) in [5, 5.41) is 7.91. The molecule has 142 valence electrons. The number of Topliss-reactive ketones (excluding diaryl/α,β-unsaturated/α-hetero) is 1. The number of nitrogens with one attached hydrogen (secondary N) is 2. The van der Waals surface area contributed by atoms with Crippen molar-refractivity contribution in [2.24, 2.45) is 0 Å². The molecule has 2 N–H and O–H groups in total. The molecule has 0 amide bonds. The molecule has 0 radical (unpaired) electrons. The highest BCUT2D eigenvalue weighted by Gasteiger charge is 2.16. The standard InChI is InChI=1S/C21H21N5O2/c1-11-5-6-16(21(23-11)28-4)17-9-15-7-14(10-22-20(15)24-17)8-18(27)19-12(2)13(3)25-26-19/h5-7,9-10H,8H2,1-4H3,(H,22,24)(H,25,26). The summed E-state index contributed by atoms with van der Waals surface area (Å²) in [6.45, 7) is 5.72. The molecule has 4 aromatic rings. The monoisotopic (exact) mass is 375 g/mol. The number of methoxy groups -OCH3 is 1. The summed E-state index contributed by atoms with van der Waals surface area (Å²) in [6.07, 6.45) is 1.98. The smallest absolute Gasteiger partial charge is 0.222 e. The second-order valence-corrected chi connectivity index (χ2v) is 6.90. The average Bonchev–Trinajstić information content (AvgIpc) is 3.24. The van der Waals surface area contributed by atoms with Crippen molar-refractivity contribution in [1.82, 2.24) is 25.1 Å². The molecule has 0 aromatic carbocycles. The lowest BCUT2D eigenvalue weighted by molar-refractivity contribution is 0.0987. The largest absolute Gasteiger partial charge is 0.480 e. The number of rotatable bonds is 5. The van der Waals surface area contributed by atoms with Crippen molar-refractivity contribution in [2.45, 2.75) is 27.2 Å². The van der Waals surface area contributed by atoms with Crippen molar-refractivity contribution in [3.63, 3.8) is 0 Å². The van der Waals surface area contributed by atoms with Gasteiger partial charge >= 0.3 is 0 Å². The van der Waals surface area contributed by atoms with Gasteiger partial charge in [-0.1, -0.05) is 0 Å². The molecule has 0 unspecified atom stereocenters. The highest BCUT2D eigenvalue weighted by Crippen LogP contribution is 2.30. The molecular formula is C21H21N5O2. The van der Waals surface area contributed by atoms with Gasteiger partial charge in [-0.25, -0.2) is 9.97 Å². The number of carbonyl (C=O) groups excluding carboxylic acids is 1. The Hall–Kier alpha value is -3.48. The lowest BCUT2D eigenvalue weighted by Gasteiger charge is -2.06. The van der Waals surface area contributed by atoms with E-state index in [4.69, 9.17) is 4.74 Å². The molecule has 4 aromatic heterocycles. The van der Waals surface area contributed by atoms with E-state index in [0.717, 1.165) is 44.8 Å². The van der Waals surface area contributed by atoms with Crippen molar-refractivity contribution < 1.29 is 9.53 Å². The van der Waals surface area contributed by atoms with E-state index < -0.39 is 0 Å². The molecule has 0 aliphatic carbocycles. The summed E-state index contributed by atoms with van der Waals surface area (Å²) in [5.41, 5.74) is 6.51. The van der Waals surface area contributed by atoms with Crippen LogP contribution >= 0.6 is 0 Å². The maximum absolute atomic E-state index is 12.6. The molecule has 28 heavy (non-hydrogen) atoms. The van der Waals surface area contributed by atoms with E-state index in [9.17, 15) is 4.79 Å². The van der Waals surface area contributed by atoms with E-state index in [1.165, 1.54) is 0 Å². The molecule has 0 bridgehead atoms. The van der Waals surface area contributed by atoms with Crippen LogP contribution in [-0.2, 0) is 6.42 Å². The minimum absolute atomic E-state index is 0.0248. The number of ketones is 1. The molecule has 0 aliphatic heterocycles. The van der Waals surface area contributed by atoms with Gasteiger partial charge in [0.05, 0.1) is 18.4 Å². The highest BCUT2D eigenvalue weighted by atomic mass is 16.5. The highest BCUT2D eigenvalue weighted by molar-refractivity contribution is 5.97. The number of H-pyrrole nitrogens is 2. The first-order chi connectivity index (χ1) is 13.5. The lowest BCUT2D eigenvalue weighted by Crippen LogP contribution is -2.06. The zero-order chi connectivity index (χ0) is 19.8. The van der Waals surface area contributed by atoms with Crippen LogP contribution < -0.4 is 4.74 Å². The van der Waals surface area contributed by atoms with Gasteiger partial charge in [-0.15, -0.1) is 0 Å². The summed E-state index contributed by atoms with van der Waals surface area (Å²) < 4.78 is 5.41. The van der Waals surface area contributed by atoms with Crippen LogP contribution in [0.15, 0.2) is 30.5 Å². The molecule has 0 saturated heterocycles. The number of aromatic nitrogens is 5. The molecule has 0 atom stereocenters. The van der Waals surface area contributed by atoms with Crippen LogP contribution in [0.3, 0.4) is 0 Å². The van der Waals surface area contributed by atoms with Crippen molar-refractivity contribution >= 4 is 16.8 Å². The number of aryl methyl sites for hydroxylation is 2. The van der Waals surface area contributed by atoms with Crippen molar-refractivity contribution in [3.05, 3.63) is 58.7 Å². The van der Waals surface area contributed by atoms with Crippen molar-refractivity contribution in [1.29, 1.82) is 0 Å². The van der Waals surface area contributed by atoms with Crippen LogP contribution in [0.2, 0.25) is 0 Å². The van der Waals surface area contributed by atoms with Gasteiger partial charge in [0, 0.05) is 35.0 Å². The Kier molecular flexibility index (Phi) is 4.43. The maximum Gasteiger partial charge on any atom is 0.222 e. The molecule has 0 saturated carbocycles. The van der Waals surface area contributed by atoms with Gasteiger partial charge in [0.15, 0.2) is 5.78 Å². The van der Waals surface area contributed by atoms with Crippen LogP contribution in [0.5, 0.6) is 5.88 Å². The zero-order valence-electron chi connectivity index (χ0n) is 16.3. The zero-order valence-corrected chi connectivity index (χ0v) is 16.3. The first-order valence-electron chi connectivity index (χ1n) is 9.00. The quantitative estimate of drug-likeness (QED) is 0.518. The number of hydrogen-bond acceptors (Lipinski definition) is 5. The number of carbonyl (C=O) groups is 1. The molecular weight excluding hydrogens is 354 g/mol. The Morgan fingerprint density at radius 2 is 2.00 bits per heavy atom. The fourth-order valence-electron chi connectivity index (χ4n) is 3.22. The third kappa shape index (κ3) is 3.15. The van der Waals surface area contributed by atoms with Crippen LogP contribution in [0, 0.1) is 20.8 Å². The van der Waals surface area contributed by atoms with E-state index in [-0.39, 0.29) is 12.2 Å². The SMILES string of the molecule is COc1nc(C)ccc1-c1cc2cc(CC(=O)c3n[nH]c(C)c3C)cnc2[nH]1. The van der Waals surface area contributed by atoms with Crippen molar-refractivity contribution in [3.8, 4) is 17.1 Å². The Balaban J connectivity index is 1.65. The van der Waals surface area contributed by atoms with Crippen LogP contribution in [0.1, 0.15) is 33.0 Å². The number of fused-ring (bicyclic) bond motifs is 1. The fraction of sp³-hybridized carbons (Fsp3) is 0.238. The lowest BCUT2D eigenvalue weighted by atomic mass is 10.0. The Morgan fingerprint density at radius 1 is 1.18 bits per heavy atom. The third-order valence-corrected chi connectivity index (χ3v) is 4.89. The first kappa shape index (κ1) is 17.9. The van der Waals surface area contributed by atoms with Gasteiger partial charge < -0.3 is 9.72 Å². The van der Waals surface area contributed by atoms with Crippen molar-refractivity contribution in [2.75, 3.05) is 7.11 Å². The molecule has 7 nitrogen and oxygen atoms in total. The van der Waals surface area contributed by atoms with E-state index in [1.54, 1.807) is 13.3 Å². The predicted octanol–water partition coefficient (Wildman–Crippen LogP) is 3.71.